The van der Waals surface area contributed by atoms with E-state index in [0.29, 0.717) is 27.1 Å². The van der Waals surface area contributed by atoms with Gasteiger partial charge >= 0.3 is 0 Å². The number of aromatic amines is 1. The minimum atomic E-state index is -0.253. The van der Waals surface area contributed by atoms with Crippen molar-refractivity contribution in [1.82, 2.24) is 14.9 Å². The lowest BCUT2D eigenvalue weighted by molar-refractivity contribution is 0.0944. The number of amides is 1. The van der Waals surface area contributed by atoms with Gasteiger partial charge in [-0.1, -0.05) is 47.5 Å². The zero-order valence-corrected chi connectivity index (χ0v) is 14.8. The van der Waals surface area contributed by atoms with Gasteiger partial charge in [-0.2, -0.15) is 0 Å². The average molecular weight is 378 g/mol. The Hall–Kier alpha value is -2.08. The van der Waals surface area contributed by atoms with Gasteiger partial charge in [-0.05, 0) is 42.0 Å². The maximum absolute atomic E-state index is 12.5. The Bertz CT molecular complexity index is 935. The molecule has 0 radical (unpaired) electrons. The van der Waals surface area contributed by atoms with Gasteiger partial charge in [-0.3, -0.25) is 9.36 Å². The number of hydrogen-bond donors (Lipinski definition) is 2. The highest BCUT2D eigenvalue weighted by Gasteiger charge is 2.14. The standard InChI is InChI=1S/C17H13Cl2N3OS/c18-12-7-6-11(14(19)8-12)9-20-16(23)15-10-21-17(24)22(15)13-4-2-1-3-5-13/h1-8,10H,9H2,(H,20,23)(H,21,24). The number of imidazole rings is 1. The van der Waals surface area contributed by atoms with Crippen LogP contribution >= 0.6 is 35.4 Å². The Balaban J connectivity index is 1.83. The minimum Gasteiger partial charge on any atom is -0.347 e. The SMILES string of the molecule is O=C(NCc1ccc(Cl)cc1Cl)c1c[nH]c(=S)n1-c1ccccc1. The highest BCUT2D eigenvalue weighted by atomic mass is 35.5. The fraction of sp³-hybridized carbons (Fsp3) is 0.0588. The number of para-hydroxylation sites is 1. The second-order valence-electron chi connectivity index (χ2n) is 5.07. The van der Waals surface area contributed by atoms with Crippen molar-refractivity contribution in [2.24, 2.45) is 0 Å². The molecule has 0 unspecified atom stereocenters. The number of carbonyl (C=O) groups is 1. The van der Waals surface area contributed by atoms with Crippen LogP contribution in [0.5, 0.6) is 0 Å². The van der Waals surface area contributed by atoms with Gasteiger partial charge in [0.25, 0.3) is 5.91 Å². The monoisotopic (exact) mass is 377 g/mol. The van der Waals surface area contributed by atoms with Crippen molar-refractivity contribution in [3.05, 3.63) is 80.8 Å². The van der Waals surface area contributed by atoms with Crippen molar-refractivity contribution in [1.29, 1.82) is 0 Å². The van der Waals surface area contributed by atoms with Crippen LogP contribution in [0.4, 0.5) is 0 Å². The highest BCUT2D eigenvalue weighted by Crippen LogP contribution is 2.21. The Morgan fingerprint density at radius 2 is 1.92 bits per heavy atom. The van der Waals surface area contributed by atoms with Crippen LogP contribution < -0.4 is 5.32 Å². The van der Waals surface area contributed by atoms with Gasteiger partial charge < -0.3 is 10.3 Å². The van der Waals surface area contributed by atoms with Crippen LogP contribution in [-0.2, 0) is 6.54 Å². The third-order valence-corrected chi connectivity index (χ3v) is 4.37. The van der Waals surface area contributed by atoms with E-state index in [1.54, 1.807) is 29.0 Å². The Labute approximate surface area is 154 Å². The summed E-state index contributed by atoms with van der Waals surface area (Å²) in [6, 6.07) is 14.6. The molecule has 1 aromatic heterocycles. The first kappa shape index (κ1) is 16.8. The highest BCUT2D eigenvalue weighted by molar-refractivity contribution is 7.71. The largest absolute Gasteiger partial charge is 0.347 e. The zero-order chi connectivity index (χ0) is 17.1. The minimum absolute atomic E-state index is 0.253. The molecule has 7 heteroatoms. The number of hydrogen-bond acceptors (Lipinski definition) is 2. The summed E-state index contributed by atoms with van der Waals surface area (Å²) in [6.07, 6.45) is 1.59. The Kier molecular flexibility index (Phi) is 5.04. The molecular weight excluding hydrogens is 365 g/mol. The summed E-state index contributed by atoms with van der Waals surface area (Å²) in [6.45, 7) is 0.293. The molecular formula is C17H13Cl2N3OS. The van der Waals surface area contributed by atoms with Gasteiger partial charge in [0.15, 0.2) is 4.77 Å². The van der Waals surface area contributed by atoms with Crippen LogP contribution in [0, 0.1) is 4.77 Å². The fourth-order valence-corrected chi connectivity index (χ4v) is 3.04. The van der Waals surface area contributed by atoms with E-state index >= 15 is 0 Å². The van der Waals surface area contributed by atoms with Crippen LogP contribution in [-0.4, -0.2) is 15.5 Å². The van der Waals surface area contributed by atoms with Crippen molar-refractivity contribution in [3.63, 3.8) is 0 Å². The number of rotatable bonds is 4. The van der Waals surface area contributed by atoms with E-state index < -0.39 is 0 Å². The van der Waals surface area contributed by atoms with E-state index in [1.807, 2.05) is 30.3 Å². The molecule has 0 fully saturated rings. The van der Waals surface area contributed by atoms with E-state index in [-0.39, 0.29) is 5.91 Å². The van der Waals surface area contributed by atoms with Gasteiger partial charge in [-0.25, -0.2) is 0 Å². The van der Waals surface area contributed by atoms with E-state index in [9.17, 15) is 4.79 Å². The number of carbonyl (C=O) groups excluding carboxylic acids is 1. The summed E-state index contributed by atoms with van der Waals surface area (Å²) in [5.41, 5.74) is 2.03. The van der Waals surface area contributed by atoms with E-state index in [2.05, 4.69) is 10.3 Å². The first-order valence-corrected chi connectivity index (χ1v) is 8.30. The zero-order valence-electron chi connectivity index (χ0n) is 12.4. The molecule has 122 valence electrons. The number of nitrogens with one attached hydrogen (secondary N) is 2. The third kappa shape index (κ3) is 3.53. The molecule has 0 saturated carbocycles. The van der Waals surface area contributed by atoms with Crippen LogP contribution in [0.1, 0.15) is 16.1 Å². The summed E-state index contributed by atoms with van der Waals surface area (Å²) < 4.78 is 2.14. The van der Waals surface area contributed by atoms with Gasteiger partial charge in [0.2, 0.25) is 0 Å². The normalized spacial score (nSPS) is 10.6. The molecule has 0 saturated heterocycles. The molecule has 1 amide bonds. The number of nitrogens with zero attached hydrogens (tertiary/aromatic N) is 1. The molecule has 0 bridgehead atoms. The van der Waals surface area contributed by atoms with Crippen LogP contribution in [0.3, 0.4) is 0 Å². The van der Waals surface area contributed by atoms with E-state index in [0.717, 1.165) is 11.3 Å². The van der Waals surface area contributed by atoms with E-state index in [1.165, 1.54) is 0 Å². The fourth-order valence-electron chi connectivity index (χ4n) is 2.30. The first-order chi connectivity index (χ1) is 11.6. The molecule has 3 aromatic rings. The number of benzene rings is 2. The molecule has 4 nitrogen and oxygen atoms in total. The molecule has 3 rings (SSSR count). The molecule has 0 aliphatic heterocycles. The van der Waals surface area contributed by atoms with Gasteiger partial charge in [0, 0.05) is 28.5 Å². The maximum atomic E-state index is 12.5. The molecule has 2 aromatic carbocycles. The molecule has 0 aliphatic rings. The molecule has 0 aliphatic carbocycles. The number of halogens is 2. The molecule has 0 atom stereocenters. The van der Waals surface area contributed by atoms with Crippen molar-refractivity contribution < 1.29 is 4.79 Å². The summed E-state index contributed by atoms with van der Waals surface area (Å²) in [5, 5.41) is 3.91. The number of aromatic nitrogens is 2. The smallest absolute Gasteiger partial charge is 0.270 e. The van der Waals surface area contributed by atoms with Gasteiger partial charge in [0.1, 0.15) is 5.69 Å². The summed E-state index contributed by atoms with van der Waals surface area (Å²) >= 11 is 17.3. The lowest BCUT2D eigenvalue weighted by Crippen LogP contribution is -2.25. The summed E-state index contributed by atoms with van der Waals surface area (Å²) in [5.74, 6) is -0.253. The molecule has 2 N–H and O–H groups in total. The van der Waals surface area contributed by atoms with E-state index in [4.69, 9.17) is 35.4 Å². The van der Waals surface area contributed by atoms with Crippen LogP contribution in [0.15, 0.2) is 54.7 Å². The first-order valence-electron chi connectivity index (χ1n) is 7.14. The Morgan fingerprint density at radius 1 is 1.17 bits per heavy atom. The van der Waals surface area contributed by atoms with Crippen molar-refractivity contribution >= 4 is 41.3 Å². The summed E-state index contributed by atoms with van der Waals surface area (Å²) in [7, 11) is 0. The predicted molar refractivity (Wildman–Crippen MR) is 98.6 cm³/mol. The maximum Gasteiger partial charge on any atom is 0.270 e. The van der Waals surface area contributed by atoms with Gasteiger partial charge in [-0.15, -0.1) is 0 Å². The molecule has 0 spiro atoms. The molecule has 1 heterocycles. The Morgan fingerprint density at radius 3 is 2.62 bits per heavy atom. The predicted octanol–water partition coefficient (Wildman–Crippen LogP) is 4.77. The summed E-state index contributed by atoms with van der Waals surface area (Å²) in [4.78, 5) is 15.4. The average Bonchev–Trinajstić information content (AvgIpc) is 2.96. The van der Waals surface area contributed by atoms with Crippen LogP contribution in [0.25, 0.3) is 5.69 Å². The number of H-pyrrole nitrogens is 1. The second-order valence-corrected chi connectivity index (χ2v) is 6.30. The van der Waals surface area contributed by atoms with Crippen LogP contribution in [0.2, 0.25) is 10.0 Å². The third-order valence-electron chi connectivity index (χ3n) is 3.48. The molecule has 24 heavy (non-hydrogen) atoms. The van der Waals surface area contributed by atoms with Crippen molar-refractivity contribution in [2.75, 3.05) is 0 Å². The topological polar surface area (TPSA) is 49.8 Å². The van der Waals surface area contributed by atoms with Crippen molar-refractivity contribution in [3.8, 4) is 5.69 Å². The quantitative estimate of drug-likeness (QED) is 0.643. The second kappa shape index (κ2) is 7.21. The van der Waals surface area contributed by atoms with Crippen molar-refractivity contribution in [2.45, 2.75) is 6.54 Å². The van der Waals surface area contributed by atoms with Gasteiger partial charge in [0.05, 0.1) is 0 Å². The lowest BCUT2D eigenvalue weighted by atomic mass is 10.2. The lowest BCUT2D eigenvalue weighted by Gasteiger charge is -2.10.